The monoisotopic (exact) mass is 367 g/mol. The van der Waals surface area contributed by atoms with Crippen molar-refractivity contribution in [3.05, 3.63) is 67.5 Å². The van der Waals surface area contributed by atoms with Crippen molar-refractivity contribution < 1.29 is 14.6 Å². The Labute approximate surface area is 159 Å². The van der Waals surface area contributed by atoms with Crippen LogP contribution >= 0.6 is 0 Å². The zero-order valence-electron chi connectivity index (χ0n) is 15.3. The third kappa shape index (κ3) is 5.08. The van der Waals surface area contributed by atoms with Gasteiger partial charge in [-0.1, -0.05) is 24.3 Å². The quantitative estimate of drug-likeness (QED) is 0.724. The van der Waals surface area contributed by atoms with Crippen LogP contribution in [0, 0.1) is 5.92 Å². The predicted molar refractivity (Wildman–Crippen MR) is 105 cm³/mol. The fourth-order valence-electron chi connectivity index (χ4n) is 3.30. The van der Waals surface area contributed by atoms with E-state index >= 15 is 0 Å². The van der Waals surface area contributed by atoms with E-state index in [9.17, 15) is 9.90 Å². The molecule has 1 fully saturated rings. The van der Waals surface area contributed by atoms with E-state index in [4.69, 9.17) is 4.74 Å². The molecular weight excluding hydrogens is 342 g/mol. The van der Waals surface area contributed by atoms with Gasteiger partial charge in [-0.2, -0.15) is 0 Å². The molecule has 6 nitrogen and oxygen atoms in total. The first-order valence-electron chi connectivity index (χ1n) is 9.12. The van der Waals surface area contributed by atoms with Crippen LogP contribution in [0.15, 0.2) is 67.5 Å². The molecule has 2 atom stereocenters. The molecule has 0 spiro atoms. The molecule has 0 amide bonds. The minimum atomic E-state index is -0.973. The number of hydrogen-bond acceptors (Lipinski definition) is 5. The van der Waals surface area contributed by atoms with E-state index in [1.807, 2.05) is 30.3 Å². The van der Waals surface area contributed by atoms with Crippen molar-refractivity contribution in [3.8, 4) is 5.75 Å². The van der Waals surface area contributed by atoms with Crippen molar-refractivity contribution in [2.75, 3.05) is 37.6 Å². The van der Waals surface area contributed by atoms with Crippen LogP contribution < -0.4 is 9.64 Å². The third-order valence-electron chi connectivity index (χ3n) is 4.81. The second-order valence-corrected chi connectivity index (χ2v) is 6.58. The summed E-state index contributed by atoms with van der Waals surface area (Å²) in [6.45, 7) is 7.97. The van der Waals surface area contributed by atoms with Crippen molar-refractivity contribution in [1.82, 2.24) is 9.88 Å². The summed E-state index contributed by atoms with van der Waals surface area (Å²) >= 11 is 0. The maximum absolute atomic E-state index is 11.8. The molecule has 2 unspecified atom stereocenters. The van der Waals surface area contributed by atoms with E-state index in [-0.39, 0.29) is 5.92 Å². The van der Waals surface area contributed by atoms with Crippen LogP contribution in [0.1, 0.15) is 0 Å². The first kappa shape index (κ1) is 18.9. The second-order valence-electron chi connectivity index (χ2n) is 6.58. The molecule has 1 aliphatic rings. The Kier molecular flexibility index (Phi) is 6.44. The lowest BCUT2D eigenvalue weighted by molar-refractivity contribution is -0.147. The van der Waals surface area contributed by atoms with Gasteiger partial charge in [-0.25, -0.2) is 4.79 Å². The summed E-state index contributed by atoms with van der Waals surface area (Å²) < 4.78 is 5.75. The molecule has 2 heterocycles. The molecule has 1 aliphatic heterocycles. The van der Waals surface area contributed by atoms with Crippen LogP contribution in [0.25, 0.3) is 0 Å². The average molecular weight is 367 g/mol. The summed E-state index contributed by atoms with van der Waals surface area (Å²) in [5.41, 5.74) is 1.17. The molecule has 1 aromatic carbocycles. The molecule has 1 aromatic heterocycles. The Morgan fingerprint density at radius 2 is 1.81 bits per heavy atom. The van der Waals surface area contributed by atoms with Crippen LogP contribution in [0.4, 0.5) is 5.69 Å². The molecule has 0 bridgehead atoms. The molecule has 0 aliphatic carbocycles. The first-order chi connectivity index (χ1) is 13.2. The largest absolute Gasteiger partial charge is 0.478 e. The highest BCUT2D eigenvalue weighted by molar-refractivity contribution is 5.73. The highest BCUT2D eigenvalue weighted by atomic mass is 16.5. The molecule has 0 radical (unpaired) electrons. The number of ether oxygens (including phenoxy) is 1. The number of piperazine rings is 1. The van der Waals surface area contributed by atoms with Crippen LogP contribution in [-0.4, -0.2) is 59.8 Å². The Balaban J connectivity index is 1.59. The molecular formula is C21H25N3O3. The molecule has 0 saturated carbocycles. The molecule has 1 N–H and O–H groups in total. The van der Waals surface area contributed by atoms with E-state index < -0.39 is 12.1 Å². The number of benzene rings is 1. The zero-order valence-corrected chi connectivity index (χ0v) is 15.3. The Morgan fingerprint density at radius 3 is 2.41 bits per heavy atom. The van der Waals surface area contributed by atoms with Crippen molar-refractivity contribution >= 4 is 11.7 Å². The number of carboxylic acids is 1. The number of hydrogen-bond donors (Lipinski definition) is 1. The Bertz CT molecular complexity index is 731. The summed E-state index contributed by atoms with van der Waals surface area (Å²) in [6, 6.07) is 13.1. The minimum absolute atomic E-state index is 0.296. The highest BCUT2D eigenvalue weighted by Gasteiger charge is 2.30. The van der Waals surface area contributed by atoms with Crippen molar-refractivity contribution in [3.63, 3.8) is 0 Å². The zero-order chi connectivity index (χ0) is 19.1. The normalized spacial score (nSPS) is 17.1. The van der Waals surface area contributed by atoms with Crippen LogP contribution in [0.5, 0.6) is 5.75 Å². The summed E-state index contributed by atoms with van der Waals surface area (Å²) in [5.74, 6) is -0.714. The lowest BCUT2D eigenvalue weighted by atomic mass is 10.0. The lowest BCUT2D eigenvalue weighted by Crippen LogP contribution is -2.50. The number of para-hydroxylation sites is 1. The number of rotatable bonds is 8. The number of anilines is 1. The van der Waals surface area contributed by atoms with Gasteiger partial charge in [-0.05, 0) is 24.3 Å². The average Bonchev–Trinajstić information content (AvgIpc) is 2.72. The Morgan fingerprint density at radius 1 is 1.15 bits per heavy atom. The van der Waals surface area contributed by atoms with Gasteiger partial charge in [-0.3, -0.25) is 9.88 Å². The van der Waals surface area contributed by atoms with Crippen molar-refractivity contribution in [2.24, 2.45) is 5.92 Å². The number of carboxylic acid groups (broad SMARTS) is 1. The highest BCUT2D eigenvalue weighted by Crippen LogP contribution is 2.20. The molecule has 6 heteroatoms. The fourth-order valence-corrected chi connectivity index (χ4v) is 3.30. The summed E-state index contributed by atoms with van der Waals surface area (Å²) in [5, 5.41) is 9.65. The number of aromatic nitrogens is 1. The van der Waals surface area contributed by atoms with E-state index in [0.717, 1.165) is 26.2 Å². The van der Waals surface area contributed by atoms with Gasteiger partial charge in [0.15, 0.2) is 0 Å². The van der Waals surface area contributed by atoms with Gasteiger partial charge >= 0.3 is 5.97 Å². The van der Waals surface area contributed by atoms with E-state index in [0.29, 0.717) is 12.3 Å². The van der Waals surface area contributed by atoms with Gasteiger partial charge in [0.25, 0.3) is 0 Å². The number of aliphatic carboxylic acids is 1. The van der Waals surface area contributed by atoms with E-state index in [1.165, 1.54) is 5.69 Å². The topological polar surface area (TPSA) is 65.9 Å². The molecule has 2 aromatic rings. The third-order valence-corrected chi connectivity index (χ3v) is 4.81. The van der Waals surface area contributed by atoms with Gasteiger partial charge in [0.2, 0.25) is 6.10 Å². The predicted octanol–water partition coefficient (Wildman–Crippen LogP) is 2.54. The number of nitrogens with zero attached hydrogens (tertiary/aromatic N) is 3. The van der Waals surface area contributed by atoms with E-state index in [1.54, 1.807) is 30.6 Å². The summed E-state index contributed by atoms with van der Waals surface area (Å²) in [7, 11) is 0. The van der Waals surface area contributed by atoms with Crippen LogP contribution in [0.2, 0.25) is 0 Å². The summed E-state index contributed by atoms with van der Waals surface area (Å²) in [4.78, 5) is 20.4. The van der Waals surface area contributed by atoms with Gasteiger partial charge < -0.3 is 14.7 Å². The first-order valence-corrected chi connectivity index (χ1v) is 9.12. The van der Waals surface area contributed by atoms with Gasteiger partial charge in [0, 0.05) is 56.7 Å². The second kappa shape index (κ2) is 9.19. The van der Waals surface area contributed by atoms with Crippen LogP contribution in [0.3, 0.4) is 0 Å². The molecule has 1 saturated heterocycles. The van der Waals surface area contributed by atoms with Crippen molar-refractivity contribution in [2.45, 2.75) is 6.10 Å². The maximum atomic E-state index is 11.8. The fraction of sp³-hybridized carbons (Fsp3) is 0.333. The number of carbonyl (C=O) groups is 1. The van der Waals surface area contributed by atoms with Crippen LogP contribution in [-0.2, 0) is 4.79 Å². The van der Waals surface area contributed by atoms with Crippen molar-refractivity contribution in [1.29, 1.82) is 0 Å². The molecule has 27 heavy (non-hydrogen) atoms. The van der Waals surface area contributed by atoms with Gasteiger partial charge in [0.1, 0.15) is 5.75 Å². The molecule has 3 rings (SSSR count). The minimum Gasteiger partial charge on any atom is -0.478 e. The van der Waals surface area contributed by atoms with Gasteiger partial charge in [-0.15, -0.1) is 6.58 Å². The lowest BCUT2D eigenvalue weighted by Gasteiger charge is -2.37. The number of pyridine rings is 1. The maximum Gasteiger partial charge on any atom is 0.345 e. The van der Waals surface area contributed by atoms with E-state index in [2.05, 4.69) is 21.4 Å². The summed E-state index contributed by atoms with van der Waals surface area (Å²) in [6.07, 6.45) is 4.33. The standard InChI is InChI=1S/C21H25N3O3/c1-2-17(20(21(25)26)27-19-6-4-3-5-7-19)16-23-12-14-24(15-13-23)18-8-10-22-11-9-18/h2-11,17,20H,1,12-16H2,(H,25,26). The van der Waals surface area contributed by atoms with Gasteiger partial charge in [0.05, 0.1) is 0 Å². The SMILES string of the molecule is C=CC(CN1CCN(c2ccncc2)CC1)C(Oc1ccccc1)C(=O)O. The Hall–Kier alpha value is -2.86. The molecule has 142 valence electrons. The smallest absolute Gasteiger partial charge is 0.345 e.